The predicted molar refractivity (Wildman–Crippen MR) is 131 cm³/mol. The Morgan fingerprint density at radius 2 is 1.76 bits per heavy atom. The number of non-ortho nitro benzene ring substituents is 1. The molecule has 0 atom stereocenters. The number of nitro groups is 1. The maximum atomic E-state index is 13.5. The normalized spacial score (nSPS) is 10.6. The summed E-state index contributed by atoms with van der Waals surface area (Å²) < 4.78 is 1.39. The first-order valence-electron chi connectivity index (χ1n) is 10.3. The molecule has 9 heteroatoms. The lowest BCUT2D eigenvalue weighted by Gasteiger charge is -2.11. The van der Waals surface area contributed by atoms with Crippen LogP contribution in [-0.4, -0.2) is 32.0 Å². The number of rotatable bonds is 7. The molecule has 1 amide bonds. The summed E-state index contributed by atoms with van der Waals surface area (Å²) in [4.78, 5) is 41.0. The van der Waals surface area contributed by atoms with Crippen molar-refractivity contribution in [3.63, 3.8) is 0 Å². The molecule has 4 aromatic rings. The van der Waals surface area contributed by atoms with E-state index in [0.717, 1.165) is 22.9 Å². The molecule has 1 heterocycles. The molecule has 34 heavy (non-hydrogen) atoms. The number of nitrogens with one attached hydrogen (secondary N) is 1. The van der Waals surface area contributed by atoms with E-state index in [9.17, 15) is 19.7 Å². The molecule has 0 saturated heterocycles. The van der Waals surface area contributed by atoms with E-state index in [-0.39, 0.29) is 22.9 Å². The lowest BCUT2D eigenvalue weighted by atomic mass is 10.1. The van der Waals surface area contributed by atoms with E-state index >= 15 is 0 Å². The molecule has 0 unspecified atom stereocenters. The number of carbonyl (C=O) groups is 2. The van der Waals surface area contributed by atoms with Crippen LogP contribution in [0.15, 0.2) is 90.2 Å². The van der Waals surface area contributed by atoms with Crippen LogP contribution in [0.2, 0.25) is 0 Å². The third kappa shape index (κ3) is 5.21. The average molecular weight is 473 g/mol. The Hall–Kier alpha value is -4.24. The molecule has 4 rings (SSSR count). The monoisotopic (exact) mass is 472 g/mol. The molecule has 170 valence electrons. The Labute approximate surface area is 199 Å². The number of aromatic nitrogens is 2. The molecule has 0 spiro atoms. The largest absolute Gasteiger partial charge is 0.325 e. The molecular weight excluding hydrogens is 452 g/mol. The van der Waals surface area contributed by atoms with Crippen molar-refractivity contribution in [3.05, 3.63) is 106 Å². The van der Waals surface area contributed by atoms with Crippen LogP contribution in [-0.2, 0) is 4.79 Å². The number of amides is 1. The van der Waals surface area contributed by atoms with Gasteiger partial charge in [0.1, 0.15) is 0 Å². The van der Waals surface area contributed by atoms with Crippen molar-refractivity contribution >= 4 is 35.0 Å². The van der Waals surface area contributed by atoms with E-state index in [1.165, 1.54) is 28.8 Å². The molecule has 0 aliphatic carbocycles. The summed E-state index contributed by atoms with van der Waals surface area (Å²) in [6.45, 7) is 1.96. The number of nitrogens with zero attached hydrogens (tertiary/aromatic N) is 3. The van der Waals surface area contributed by atoms with Crippen LogP contribution in [0.1, 0.15) is 15.9 Å². The van der Waals surface area contributed by atoms with Crippen molar-refractivity contribution in [2.75, 3.05) is 11.1 Å². The molecule has 0 aliphatic rings. The van der Waals surface area contributed by atoms with Gasteiger partial charge in [-0.25, -0.2) is 4.98 Å². The third-order valence-corrected chi connectivity index (χ3v) is 5.93. The minimum Gasteiger partial charge on any atom is -0.325 e. The van der Waals surface area contributed by atoms with Gasteiger partial charge in [0, 0.05) is 28.9 Å². The van der Waals surface area contributed by atoms with Crippen LogP contribution in [0, 0.1) is 17.0 Å². The molecule has 0 fully saturated rings. The van der Waals surface area contributed by atoms with Gasteiger partial charge in [0.25, 0.3) is 11.6 Å². The van der Waals surface area contributed by atoms with Gasteiger partial charge in [-0.3, -0.25) is 24.3 Å². The lowest BCUT2D eigenvalue weighted by molar-refractivity contribution is -0.384. The van der Waals surface area contributed by atoms with Gasteiger partial charge in [-0.05, 0) is 25.1 Å². The second-order valence-electron chi connectivity index (χ2n) is 7.44. The van der Waals surface area contributed by atoms with E-state index in [1.54, 1.807) is 6.20 Å². The summed E-state index contributed by atoms with van der Waals surface area (Å²) in [5, 5.41) is 14.3. The van der Waals surface area contributed by atoms with Crippen molar-refractivity contribution in [2.24, 2.45) is 0 Å². The standard InChI is InChI=1S/C25H20N4O4S/c1-17-10-12-20(13-11-17)27-23(30)16-34-25-26-15-22(18-6-3-2-4-7-18)28(25)24(31)19-8-5-9-21(14-19)29(32)33/h2-15H,16H2,1H3,(H,27,30). The minimum absolute atomic E-state index is 0.0291. The molecule has 3 aromatic carbocycles. The van der Waals surface area contributed by atoms with Crippen LogP contribution < -0.4 is 5.32 Å². The predicted octanol–water partition coefficient (Wildman–Crippen LogP) is 5.19. The number of nitro benzene ring substituents is 1. The number of hydrogen-bond acceptors (Lipinski definition) is 6. The number of carbonyl (C=O) groups excluding carboxylic acids is 2. The SMILES string of the molecule is Cc1ccc(NC(=O)CSc2ncc(-c3ccccc3)n2C(=O)c2cccc([N+](=O)[O-])c2)cc1. The topological polar surface area (TPSA) is 107 Å². The molecule has 0 bridgehead atoms. The number of thioether (sulfide) groups is 1. The van der Waals surface area contributed by atoms with Crippen molar-refractivity contribution < 1.29 is 14.5 Å². The summed E-state index contributed by atoms with van der Waals surface area (Å²) in [6, 6.07) is 22.2. The van der Waals surface area contributed by atoms with Crippen molar-refractivity contribution in [1.82, 2.24) is 9.55 Å². The van der Waals surface area contributed by atoms with Gasteiger partial charge in [-0.15, -0.1) is 0 Å². The fourth-order valence-corrected chi connectivity index (χ4v) is 4.06. The molecule has 0 radical (unpaired) electrons. The first-order valence-corrected chi connectivity index (χ1v) is 11.3. The number of hydrogen-bond donors (Lipinski definition) is 1. The van der Waals surface area contributed by atoms with Gasteiger partial charge in [0.2, 0.25) is 5.91 Å². The van der Waals surface area contributed by atoms with E-state index in [1.807, 2.05) is 61.5 Å². The Balaban J connectivity index is 1.62. The van der Waals surface area contributed by atoms with Gasteiger partial charge in [0.15, 0.2) is 5.16 Å². The first-order chi connectivity index (χ1) is 16.4. The highest BCUT2D eigenvalue weighted by molar-refractivity contribution is 7.99. The van der Waals surface area contributed by atoms with Crippen LogP contribution in [0.25, 0.3) is 11.3 Å². The molecule has 1 aromatic heterocycles. The number of benzene rings is 3. The summed E-state index contributed by atoms with van der Waals surface area (Å²) in [6.07, 6.45) is 1.56. The number of aryl methyl sites for hydroxylation is 1. The highest BCUT2D eigenvalue weighted by Crippen LogP contribution is 2.28. The Morgan fingerprint density at radius 3 is 2.47 bits per heavy atom. The Kier molecular flexibility index (Phi) is 6.84. The zero-order valence-corrected chi connectivity index (χ0v) is 19.0. The van der Waals surface area contributed by atoms with E-state index in [0.29, 0.717) is 16.5 Å². The van der Waals surface area contributed by atoms with Gasteiger partial charge in [-0.2, -0.15) is 0 Å². The fraction of sp³-hybridized carbons (Fsp3) is 0.0800. The zero-order chi connectivity index (χ0) is 24.1. The summed E-state index contributed by atoms with van der Waals surface area (Å²) >= 11 is 1.11. The highest BCUT2D eigenvalue weighted by atomic mass is 32.2. The van der Waals surface area contributed by atoms with Crippen molar-refractivity contribution in [1.29, 1.82) is 0 Å². The second-order valence-corrected chi connectivity index (χ2v) is 8.39. The smallest absolute Gasteiger partial charge is 0.270 e. The molecule has 1 N–H and O–H groups in total. The van der Waals surface area contributed by atoms with Crippen molar-refractivity contribution in [2.45, 2.75) is 12.1 Å². The molecule has 0 aliphatic heterocycles. The number of imidazole rings is 1. The maximum absolute atomic E-state index is 13.5. The molecule has 0 saturated carbocycles. The third-order valence-electron chi connectivity index (χ3n) is 4.97. The van der Waals surface area contributed by atoms with Crippen LogP contribution in [0.5, 0.6) is 0 Å². The fourth-order valence-electron chi connectivity index (χ4n) is 3.29. The highest BCUT2D eigenvalue weighted by Gasteiger charge is 2.22. The summed E-state index contributed by atoms with van der Waals surface area (Å²) in [5.74, 6) is -0.685. The minimum atomic E-state index is -0.548. The Morgan fingerprint density at radius 1 is 1.03 bits per heavy atom. The van der Waals surface area contributed by atoms with Gasteiger partial charge >= 0.3 is 0 Å². The van der Waals surface area contributed by atoms with E-state index in [2.05, 4.69) is 10.3 Å². The van der Waals surface area contributed by atoms with Gasteiger partial charge in [0.05, 0.1) is 22.6 Å². The quantitative estimate of drug-likeness (QED) is 0.225. The summed E-state index contributed by atoms with van der Waals surface area (Å²) in [7, 11) is 0. The van der Waals surface area contributed by atoms with E-state index in [4.69, 9.17) is 0 Å². The van der Waals surface area contributed by atoms with Gasteiger partial charge < -0.3 is 5.32 Å². The molecule has 8 nitrogen and oxygen atoms in total. The van der Waals surface area contributed by atoms with E-state index < -0.39 is 10.8 Å². The average Bonchev–Trinajstić information content (AvgIpc) is 3.28. The maximum Gasteiger partial charge on any atom is 0.270 e. The van der Waals surface area contributed by atoms with Crippen molar-refractivity contribution in [3.8, 4) is 11.3 Å². The molecular formula is C25H20N4O4S. The zero-order valence-electron chi connectivity index (χ0n) is 18.2. The second kappa shape index (κ2) is 10.1. The number of anilines is 1. The van der Waals surface area contributed by atoms with Gasteiger partial charge in [-0.1, -0.05) is 65.9 Å². The van der Waals surface area contributed by atoms with Crippen LogP contribution >= 0.6 is 11.8 Å². The van der Waals surface area contributed by atoms with Crippen LogP contribution in [0.3, 0.4) is 0 Å². The summed E-state index contributed by atoms with van der Waals surface area (Å²) in [5.41, 5.74) is 3.01. The lowest BCUT2D eigenvalue weighted by Crippen LogP contribution is -2.17. The Bertz CT molecular complexity index is 1350. The first kappa shape index (κ1) is 22.9. The van der Waals surface area contributed by atoms with Crippen LogP contribution in [0.4, 0.5) is 11.4 Å².